The Morgan fingerprint density at radius 1 is 1.09 bits per heavy atom. The summed E-state index contributed by atoms with van der Waals surface area (Å²) in [5.74, 6) is 1.70. The van der Waals surface area contributed by atoms with Gasteiger partial charge < -0.3 is 19.2 Å². The van der Waals surface area contributed by atoms with Gasteiger partial charge >= 0.3 is 5.63 Å². The molecule has 0 fully saturated rings. The van der Waals surface area contributed by atoms with E-state index in [4.69, 9.17) is 9.15 Å². The molecule has 1 aromatic heterocycles. The van der Waals surface area contributed by atoms with Crippen molar-refractivity contribution in [2.24, 2.45) is 5.41 Å². The van der Waals surface area contributed by atoms with E-state index in [2.05, 4.69) is 102 Å². The fourth-order valence-electron chi connectivity index (χ4n) is 6.56. The standard InChI is InChI=1S/C38H46N2O4/c1-10-39(11-2)26-16-14-17-27-32(20-26)44-36(42)28(35(27)41)18-13-15-25-19-34(37(5,6)7)43-33-22-31-29(21-30(25)33)24(4)23-38(8,9)40(31)12-3/h13,16-23H,10-12,14-15H2,1-9H3/p+1/b18-13+. The minimum absolute atomic E-state index is 0.0432. The molecule has 0 unspecified atom stereocenters. The Hall–Kier alpha value is -4.06. The molecule has 6 heteroatoms. The SMILES string of the molecule is CCN(CC)C1=CCC=c2c(O)c(/C=C/CC3=c4cc5c(cc4OC(C(C)(C)C)=C3)=[N+](CC)C(C)(C)C=C5C)c(=O)oc2=C1. The highest BCUT2D eigenvalue weighted by Gasteiger charge is 2.33. The monoisotopic (exact) mass is 595 g/mol. The fraction of sp³-hybridized carbons (Fsp3) is 0.421. The van der Waals surface area contributed by atoms with Crippen molar-refractivity contribution in [1.29, 1.82) is 0 Å². The third-order valence-electron chi connectivity index (χ3n) is 8.88. The molecule has 3 heterocycles. The fourth-order valence-corrected chi connectivity index (χ4v) is 6.56. The van der Waals surface area contributed by atoms with Crippen LogP contribution in [0.1, 0.15) is 86.3 Å². The molecule has 0 atom stereocenters. The molecule has 0 saturated heterocycles. The summed E-state index contributed by atoms with van der Waals surface area (Å²) in [5.41, 5.74) is 4.26. The van der Waals surface area contributed by atoms with Crippen molar-refractivity contribution in [3.8, 4) is 11.5 Å². The average Bonchev–Trinajstić information content (AvgIpc) is 3.16. The van der Waals surface area contributed by atoms with Gasteiger partial charge in [0, 0.05) is 54.9 Å². The number of likely N-dealkylation sites (N-methyl/N-ethyl adjacent to an activating group) is 1. The zero-order chi connectivity index (χ0) is 32.0. The molecule has 232 valence electrons. The number of benzene rings is 1. The summed E-state index contributed by atoms with van der Waals surface area (Å²) in [6.07, 6.45) is 15.1. The normalized spacial score (nSPS) is 17.2. The van der Waals surface area contributed by atoms with Crippen molar-refractivity contribution < 1.29 is 14.3 Å². The van der Waals surface area contributed by atoms with E-state index in [0.29, 0.717) is 23.5 Å². The van der Waals surface area contributed by atoms with Crippen LogP contribution in [0, 0.1) is 5.41 Å². The maximum atomic E-state index is 13.1. The highest BCUT2D eigenvalue weighted by molar-refractivity contribution is 5.72. The molecule has 6 nitrogen and oxygen atoms in total. The lowest BCUT2D eigenvalue weighted by molar-refractivity contribution is 0.289. The summed E-state index contributed by atoms with van der Waals surface area (Å²) in [6, 6.07) is 4.43. The summed E-state index contributed by atoms with van der Waals surface area (Å²) in [7, 11) is 0. The Kier molecular flexibility index (Phi) is 8.41. The maximum Gasteiger partial charge on any atom is 0.347 e. The first kappa shape index (κ1) is 31.4. The van der Waals surface area contributed by atoms with Crippen LogP contribution in [0.4, 0.5) is 0 Å². The van der Waals surface area contributed by atoms with Crippen molar-refractivity contribution >= 4 is 29.4 Å². The summed E-state index contributed by atoms with van der Waals surface area (Å²) >= 11 is 0. The third-order valence-corrected chi connectivity index (χ3v) is 8.88. The van der Waals surface area contributed by atoms with Gasteiger partial charge in [-0.15, -0.1) is 0 Å². The summed E-state index contributed by atoms with van der Waals surface area (Å²) in [5, 5.41) is 14.0. The topological polar surface area (TPSA) is 65.9 Å². The summed E-state index contributed by atoms with van der Waals surface area (Å²) < 4.78 is 14.7. The second-order valence-corrected chi connectivity index (χ2v) is 13.4. The first-order chi connectivity index (χ1) is 20.8. The molecule has 2 aromatic rings. The van der Waals surface area contributed by atoms with Gasteiger partial charge in [-0.3, -0.25) is 0 Å². The summed E-state index contributed by atoms with van der Waals surface area (Å²) in [6.45, 7) is 22.1. The van der Waals surface area contributed by atoms with Crippen molar-refractivity contribution in [2.75, 3.05) is 19.6 Å². The Balaban J connectivity index is 1.61. The van der Waals surface area contributed by atoms with Gasteiger partial charge in [0.05, 0.1) is 11.3 Å². The number of hydrogen-bond donors (Lipinski definition) is 1. The van der Waals surface area contributed by atoms with Crippen molar-refractivity contribution in [2.45, 2.75) is 80.7 Å². The van der Waals surface area contributed by atoms with Crippen molar-refractivity contribution in [3.05, 3.63) is 90.7 Å². The molecule has 1 N–H and O–H groups in total. The van der Waals surface area contributed by atoms with E-state index in [0.717, 1.165) is 47.6 Å². The zero-order valence-electron chi connectivity index (χ0n) is 27.8. The van der Waals surface area contributed by atoms with E-state index < -0.39 is 5.63 Å². The average molecular weight is 596 g/mol. The Bertz CT molecular complexity index is 1940. The highest BCUT2D eigenvalue weighted by Crippen LogP contribution is 2.32. The van der Waals surface area contributed by atoms with Gasteiger partial charge in [-0.25, -0.2) is 9.37 Å². The Morgan fingerprint density at radius 2 is 1.82 bits per heavy atom. The minimum Gasteiger partial charge on any atom is -0.506 e. The van der Waals surface area contributed by atoms with Gasteiger partial charge in [-0.2, -0.15) is 0 Å². The quantitative estimate of drug-likeness (QED) is 0.465. The molecule has 0 radical (unpaired) electrons. The lowest BCUT2D eigenvalue weighted by Gasteiger charge is -2.28. The number of rotatable bonds is 7. The first-order valence-corrected chi connectivity index (χ1v) is 15.9. The van der Waals surface area contributed by atoms with Crippen LogP contribution >= 0.6 is 0 Å². The van der Waals surface area contributed by atoms with Crippen LogP contribution in [-0.4, -0.2) is 35.2 Å². The number of ether oxygens (including phenoxy) is 1. The van der Waals surface area contributed by atoms with Crippen molar-refractivity contribution in [1.82, 2.24) is 9.48 Å². The van der Waals surface area contributed by atoms with Gasteiger partial charge in [0.1, 0.15) is 34.8 Å². The largest absolute Gasteiger partial charge is 0.506 e. The van der Waals surface area contributed by atoms with Crippen LogP contribution in [0.15, 0.2) is 57.1 Å². The third kappa shape index (κ3) is 5.74. The molecule has 0 amide bonds. The van der Waals surface area contributed by atoms with E-state index in [1.54, 1.807) is 6.08 Å². The van der Waals surface area contributed by atoms with Gasteiger partial charge in [0.25, 0.3) is 0 Å². The smallest absolute Gasteiger partial charge is 0.347 e. The van der Waals surface area contributed by atoms with Gasteiger partial charge in [0.2, 0.25) is 5.36 Å². The molecular weight excluding hydrogens is 548 g/mol. The number of nitrogens with zero attached hydrogens (tertiary/aromatic N) is 2. The second-order valence-electron chi connectivity index (χ2n) is 13.4. The Labute approximate surface area is 260 Å². The van der Waals surface area contributed by atoms with Crippen LogP contribution in [0.2, 0.25) is 0 Å². The number of fused-ring (bicyclic) bond motifs is 3. The lowest BCUT2D eigenvalue weighted by atomic mass is 9.88. The van der Waals surface area contributed by atoms with Crippen LogP contribution in [-0.2, 0) is 0 Å². The summed E-state index contributed by atoms with van der Waals surface area (Å²) in [4.78, 5) is 15.3. The van der Waals surface area contributed by atoms with E-state index in [1.807, 2.05) is 18.2 Å². The van der Waals surface area contributed by atoms with Crippen LogP contribution in [0.5, 0.6) is 11.5 Å². The van der Waals surface area contributed by atoms with Crippen LogP contribution in [0.25, 0.3) is 29.4 Å². The van der Waals surface area contributed by atoms with Gasteiger partial charge in [-0.05, 0) is 76.0 Å². The number of aromatic hydroxyl groups is 1. The predicted molar refractivity (Wildman–Crippen MR) is 181 cm³/mol. The first-order valence-electron chi connectivity index (χ1n) is 15.9. The Morgan fingerprint density at radius 3 is 2.48 bits per heavy atom. The molecular formula is C38H47N2O4+. The molecule has 1 aromatic carbocycles. The molecule has 5 rings (SSSR count). The predicted octanol–water partition coefficient (Wildman–Crippen LogP) is 4.82. The van der Waals surface area contributed by atoms with Gasteiger partial charge in [-0.1, -0.05) is 39.0 Å². The molecule has 2 aliphatic heterocycles. The van der Waals surface area contributed by atoms with Gasteiger partial charge in [0.15, 0.2) is 5.54 Å². The number of hydrogen-bond acceptors (Lipinski definition) is 5. The molecule has 0 saturated carbocycles. The highest BCUT2D eigenvalue weighted by atomic mass is 16.5. The van der Waals surface area contributed by atoms with Crippen LogP contribution in [0.3, 0.4) is 0 Å². The minimum atomic E-state index is -0.552. The second kappa shape index (κ2) is 11.8. The lowest BCUT2D eigenvalue weighted by Crippen LogP contribution is -2.49. The zero-order valence-corrected chi connectivity index (χ0v) is 27.8. The molecule has 1 aliphatic carbocycles. The van der Waals surface area contributed by atoms with Crippen LogP contribution < -0.4 is 36.1 Å². The molecule has 44 heavy (non-hydrogen) atoms. The molecule has 0 spiro atoms. The molecule has 0 bridgehead atoms. The molecule has 3 aliphatic rings. The van der Waals surface area contributed by atoms with Crippen molar-refractivity contribution in [3.63, 3.8) is 0 Å². The number of allylic oxidation sites excluding steroid dienone is 6. The van der Waals surface area contributed by atoms with E-state index >= 15 is 0 Å². The van der Waals surface area contributed by atoms with E-state index in [-0.39, 0.29) is 22.3 Å². The van der Waals surface area contributed by atoms with E-state index in [1.165, 1.54) is 16.5 Å². The maximum absolute atomic E-state index is 13.1. The van der Waals surface area contributed by atoms with E-state index in [9.17, 15) is 9.90 Å².